The molecule has 1 N–H and O–H groups in total. The third kappa shape index (κ3) is 4.47. The highest BCUT2D eigenvalue weighted by molar-refractivity contribution is 8.01. The van der Waals surface area contributed by atoms with Crippen molar-refractivity contribution in [3.63, 3.8) is 0 Å². The normalized spacial score (nSPS) is 10.5. The van der Waals surface area contributed by atoms with Gasteiger partial charge in [0, 0.05) is 11.7 Å². The minimum Gasteiger partial charge on any atom is -0.300 e. The first-order valence-corrected chi connectivity index (χ1v) is 7.39. The topological polar surface area (TPSA) is 54.9 Å². The Balaban J connectivity index is 2.53. The lowest BCUT2D eigenvalue weighted by Crippen LogP contribution is -2.21. The van der Waals surface area contributed by atoms with Crippen LogP contribution in [0.25, 0.3) is 0 Å². The summed E-state index contributed by atoms with van der Waals surface area (Å²) in [7, 11) is 0. The molecule has 1 aromatic heterocycles. The molecular formula is C11H17N3OS2. The fourth-order valence-electron chi connectivity index (χ4n) is 1.32. The Labute approximate surface area is 110 Å². The number of aromatic nitrogens is 2. The van der Waals surface area contributed by atoms with Crippen molar-refractivity contribution in [2.45, 2.75) is 31.0 Å². The molecule has 0 atom stereocenters. The highest BCUT2D eigenvalue weighted by Crippen LogP contribution is 2.25. The number of nitrogens with one attached hydrogen (secondary N) is 1. The van der Waals surface area contributed by atoms with E-state index in [1.54, 1.807) is 11.8 Å². The van der Waals surface area contributed by atoms with E-state index in [4.69, 9.17) is 0 Å². The first kappa shape index (κ1) is 14.2. The second kappa shape index (κ2) is 7.45. The molecule has 1 amide bonds. The maximum atomic E-state index is 11.8. The summed E-state index contributed by atoms with van der Waals surface area (Å²) in [4.78, 5) is 11.8. The fraction of sp³-hybridized carbons (Fsp3) is 0.545. The Morgan fingerprint density at radius 3 is 2.82 bits per heavy atom. The van der Waals surface area contributed by atoms with Crippen LogP contribution >= 0.6 is 23.1 Å². The second-order valence-electron chi connectivity index (χ2n) is 3.48. The van der Waals surface area contributed by atoms with Gasteiger partial charge in [0.15, 0.2) is 4.34 Å². The maximum absolute atomic E-state index is 11.8. The minimum absolute atomic E-state index is 0.0337. The van der Waals surface area contributed by atoms with Gasteiger partial charge in [0.05, 0.1) is 0 Å². The Kier molecular flexibility index (Phi) is 6.21. The summed E-state index contributed by atoms with van der Waals surface area (Å²) in [6.07, 6.45) is 3.51. The first-order chi connectivity index (χ1) is 8.21. The van der Waals surface area contributed by atoms with E-state index in [9.17, 15) is 4.79 Å². The van der Waals surface area contributed by atoms with Crippen LogP contribution in [0.1, 0.15) is 26.7 Å². The molecule has 0 aliphatic rings. The van der Waals surface area contributed by atoms with Gasteiger partial charge in [-0.2, -0.15) is 0 Å². The van der Waals surface area contributed by atoms with Gasteiger partial charge in [-0.25, -0.2) is 0 Å². The minimum atomic E-state index is 0.0337. The predicted molar refractivity (Wildman–Crippen MR) is 73.5 cm³/mol. The van der Waals surface area contributed by atoms with Crippen LogP contribution in [0.15, 0.2) is 17.0 Å². The van der Waals surface area contributed by atoms with Crippen LogP contribution < -0.4 is 5.32 Å². The highest BCUT2D eigenvalue weighted by atomic mass is 32.2. The van der Waals surface area contributed by atoms with Gasteiger partial charge in [-0.1, -0.05) is 43.0 Å². The van der Waals surface area contributed by atoms with Gasteiger partial charge >= 0.3 is 0 Å². The first-order valence-electron chi connectivity index (χ1n) is 5.59. The lowest BCUT2D eigenvalue weighted by Gasteiger charge is -2.09. The van der Waals surface area contributed by atoms with Crippen molar-refractivity contribution in [2.75, 3.05) is 11.1 Å². The highest BCUT2D eigenvalue weighted by Gasteiger charge is 2.16. The quantitative estimate of drug-likeness (QED) is 0.470. The van der Waals surface area contributed by atoms with Gasteiger partial charge < -0.3 is 5.32 Å². The Hall–Kier alpha value is -0.880. The van der Waals surface area contributed by atoms with Crippen LogP contribution in [0.2, 0.25) is 0 Å². The van der Waals surface area contributed by atoms with E-state index in [0.717, 1.165) is 22.9 Å². The molecule has 94 valence electrons. The van der Waals surface area contributed by atoms with Crippen LogP contribution in [-0.2, 0) is 4.79 Å². The van der Waals surface area contributed by atoms with Crippen molar-refractivity contribution in [1.29, 1.82) is 0 Å². The third-order valence-electron chi connectivity index (χ3n) is 2.32. The predicted octanol–water partition coefficient (Wildman–Crippen LogP) is 3.19. The molecule has 1 rings (SSSR count). The van der Waals surface area contributed by atoms with Crippen molar-refractivity contribution in [1.82, 2.24) is 10.2 Å². The summed E-state index contributed by atoms with van der Waals surface area (Å²) >= 11 is 2.96. The van der Waals surface area contributed by atoms with E-state index in [2.05, 4.69) is 22.1 Å². The van der Waals surface area contributed by atoms with Gasteiger partial charge in [0.2, 0.25) is 11.0 Å². The Bertz CT molecular complexity index is 375. The smallest absolute Gasteiger partial charge is 0.229 e. The second-order valence-corrected chi connectivity index (χ2v) is 5.72. The fourth-order valence-corrected chi connectivity index (χ4v) is 2.83. The lowest BCUT2D eigenvalue weighted by molar-refractivity contribution is -0.120. The molecular weight excluding hydrogens is 254 g/mol. The zero-order valence-electron chi connectivity index (χ0n) is 10.1. The average Bonchev–Trinajstić information content (AvgIpc) is 2.75. The van der Waals surface area contributed by atoms with Gasteiger partial charge in [0.1, 0.15) is 0 Å². The summed E-state index contributed by atoms with van der Waals surface area (Å²) in [5.41, 5.74) is 0. The molecule has 0 saturated carbocycles. The molecule has 17 heavy (non-hydrogen) atoms. The van der Waals surface area contributed by atoms with E-state index < -0.39 is 0 Å². The summed E-state index contributed by atoms with van der Waals surface area (Å²) < 4.78 is 0.852. The molecule has 1 heterocycles. The van der Waals surface area contributed by atoms with Crippen LogP contribution in [0.3, 0.4) is 0 Å². The molecule has 0 spiro atoms. The van der Waals surface area contributed by atoms with Crippen LogP contribution in [0.4, 0.5) is 5.13 Å². The van der Waals surface area contributed by atoms with Crippen molar-refractivity contribution in [3.05, 3.63) is 12.7 Å². The molecule has 1 aromatic rings. The Morgan fingerprint density at radius 1 is 1.53 bits per heavy atom. The van der Waals surface area contributed by atoms with Crippen LogP contribution in [-0.4, -0.2) is 21.9 Å². The maximum Gasteiger partial charge on any atom is 0.229 e. The summed E-state index contributed by atoms with van der Waals surface area (Å²) in [6, 6.07) is 0. The van der Waals surface area contributed by atoms with E-state index >= 15 is 0 Å². The monoisotopic (exact) mass is 271 g/mol. The van der Waals surface area contributed by atoms with E-state index in [1.807, 2.05) is 19.9 Å². The summed E-state index contributed by atoms with van der Waals surface area (Å²) in [5, 5.41) is 11.3. The van der Waals surface area contributed by atoms with Gasteiger partial charge in [0.25, 0.3) is 0 Å². The number of rotatable bonds is 7. The number of hydrogen-bond donors (Lipinski definition) is 1. The van der Waals surface area contributed by atoms with E-state index in [1.165, 1.54) is 11.3 Å². The van der Waals surface area contributed by atoms with Crippen molar-refractivity contribution < 1.29 is 4.79 Å². The molecule has 0 aromatic carbocycles. The average molecular weight is 271 g/mol. The molecule has 6 heteroatoms. The van der Waals surface area contributed by atoms with Crippen molar-refractivity contribution in [3.8, 4) is 0 Å². The number of carbonyl (C=O) groups is 1. The zero-order chi connectivity index (χ0) is 12.7. The molecule has 4 nitrogen and oxygen atoms in total. The number of thioether (sulfide) groups is 1. The standard InChI is InChI=1S/C11H17N3OS2/c1-4-7-16-11-14-13-10(17-11)12-9(15)8(5-2)6-3/h4,8H,1,5-7H2,2-3H3,(H,12,13,15). The number of carbonyl (C=O) groups excluding carboxylic acids is 1. The Morgan fingerprint density at radius 2 is 2.24 bits per heavy atom. The number of amides is 1. The van der Waals surface area contributed by atoms with Crippen LogP contribution in [0, 0.1) is 5.92 Å². The molecule has 0 bridgehead atoms. The largest absolute Gasteiger partial charge is 0.300 e. The lowest BCUT2D eigenvalue weighted by atomic mass is 10.0. The van der Waals surface area contributed by atoms with Crippen LogP contribution in [0.5, 0.6) is 0 Å². The third-order valence-corrected chi connectivity index (χ3v) is 4.29. The molecule has 0 fully saturated rings. The number of nitrogens with zero attached hydrogens (tertiary/aromatic N) is 2. The number of anilines is 1. The summed E-state index contributed by atoms with van der Waals surface area (Å²) in [5.74, 6) is 0.893. The van der Waals surface area contributed by atoms with Crippen molar-refractivity contribution in [2.24, 2.45) is 5.92 Å². The zero-order valence-corrected chi connectivity index (χ0v) is 11.7. The molecule has 0 aliphatic heterocycles. The van der Waals surface area contributed by atoms with Gasteiger partial charge in [-0.15, -0.1) is 16.8 Å². The SMILES string of the molecule is C=CCSc1nnc(NC(=O)C(CC)CC)s1. The molecule has 0 saturated heterocycles. The summed E-state index contributed by atoms with van der Waals surface area (Å²) in [6.45, 7) is 7.67. The molecule has 0 unspecified atom stereocenters. The molecule has 0 radical (unpaired) electrons. The van der Waals surface area contributed by atoms with Gasteiger partial charge in [-0.3, -0.25) is 4.79 Å². The molecule has 0 aliphatic carbocycles. The van der Waals surface area contributed by atoms with Gasteiger partial charge in [-0.05, 0) is 12.8 Å². The van der Waals surface area contributed by atoms with Crippen molar-refractivity contribution >= 4 is 34.1 Å². The number of hydrogen-bond acceptors (Lipinski definition) is 5. The van der Waals surface area contributed by atoms with E-state index in [-0.39, 0.29) is 11.8 Å². The van der Waals surface area contributed by atoms with E-state index in [0.29, 0.717) is 5.13 Å².